The average molecular weight is 521 g/mol. The van der Waals surface area contributed by atoms with Gasteiger partial charge in [-0.1, -0.05) is 41.4 Å². The van der Waals surface area contributed by atoms with Crippen LogP contribution in [0.4, 0.5) is 0 Å². The molecule has 1 saturated heterocycles. The first-order chi connectivity index (χ1) is 16.2. The molecule has 10 heteroatoms. The molecule has 0 aliphatic carbocycles. The van der Waals surface area contributed by atoms with Crippen molar-refractivity contribution in [1.82, 2.24) is 19.2 Å². The predicted molar refractivity (Wildman–Crippen MR) is 134 cm³/mol. The van der Waals surface area contributed by atoms with Gasteiger partial charge in [0.1, 0.15) is 5.82 Å². The number of hydrogen-bond donors (Lipinski definition) is 1. The zero-order valence-corrected chi connectivity index (χ0v) is 21.1. The van der Waals surface area contributed by atoms with Gasteiger partial charge in [-0.25, -0.2) is 17.7 Å². The Bertz CT molecular complexity index is 1280. The number of amides is 1. The van der Waals surface area contributed by atoms with Crippen molar-refractivity contribution in [2.45, 2.75) is 32.1 Å². The molecule has 1 aromatic heterocycles. The molecule has 0 bridgehead atoms. The van der Waals surface area contributed by atoms with Crippen molar-refractivity contribution in [3.8, 4) is 5.69 Å². The third-order valence-electron chi connectivity index (χ3n) is 6.01. The van der Waals surface area contributed by atoms with E-state index in [1.165, 1.54) is 10.4 Å². The van der Waals surface area contributed by atoms with Gasteiger partial charge in [0.05, 0.1) is 11.7 Å². The van der Waals surface area contributed by atoms with Crippen LogP contribution in [0.5, 0.6) is 0 Å². The fourth-order valence-electron chi connectivity index (χ4n) is 4.09. The number of aromatic nitrogens is 2. The molecule has 1 fully saturated rings. The molecule has 1 aliphatic heterocycles. The number of hydrogen-bond acceptors (Lipinski definition) is 4. The SMILES string of the molecule is Cc1nccn1-c1ccc(CNC(=O)[C@@H]2CCCN(S(=O)(=O)Cc3ccc(Cl)cc3Cl)C2)cc1. The maximum absolute atomic E-state index is 13.0. The molecule has 0 unspecified atom stereocenters. The fourth-order valence-corrected chi connectivity index (χ4v) is 6.29. The Labute approximate surface area is 209 Å². The van der Waals surface area contributed by atoms with Gasteiger partial charge >= 0.3 is 0 Å². The summed E-state index contributed by atoms with van der Waals surface area (Å²) in [6, 6.07) is 12.7. The fraction of sp³-hybridized carbons (Fsp3) is 0.333. The van der Waals surface area contributed by atoms with Crippen molar-refractivity contribution < 1.29 is 13.2 Å². The summed E-state index contributed by atoms with van der Waals surface area (Å²) in [5.74, 6) is 0.146. The Morgan fingerprint density at radius 2 is 1.94 bits per heavy atom. The number of benzene rings is 2. The summed E-state index contributed by atoms with van der Waals surface area (Å²) in [6.07, 6.45) is 4.93. The minimum absolute atomic E-state index is 0.140. The summed E-state index contributed by atoms with van der Waals surface area (Å²) < 4.78 is 29.4. The van der Waals surface area contributed by atoms with Gasteiger partial charge in [0.15, 0.2) is 0 Å². The second-order valence-electron chi connectivity index (χ2n) is 8.42. The average Bonchev–Trinajstić information content (AvgIpc) is 3.25. The van der Waals surface area contributed by atoms with Gasteiger partial charge in [0.2, 0.25) is 15.9 Å². The second kappa shape index (κ2) is 10.5. The quantitative estimate of drug-likeness (QED) is 0.501. The van der Waals surface area contributed by atoms with Gasteiger partial charge in [-0.05, 0) is 55.2 Å². The number of rotatable bonds is 7. The van der Waals surface area contributed by atoms with Crippen LogP contribution < -0.4 is 5.32 Å². The second-order valence-corrected chi connectivity index (χ2v) is 11.2. The van der Waals surface area contributed by atoms with E-state index >= 15 is 0 Å². The van der Waals surface area contributed by atoms with Crippen molar-refractivity contribution in [2.75, 3.05) is 13.1 Å². The van der Waals surface area contributed by atoms with Gasteiger partial charge in [-0.3, -0.25) is 4.79 Å². The van der Waals surface area contributed by atoms with Crippen LogP contribution in [-0.4, -0.2) is 41.3 Å². The zero-order valence-electron chi connectivity index (χ0n) is 18.7. The Hall–Kier alpha value is -2.39. The summed E-state index contributed by atoms with van der Waals surface area (Å²) >= 11 is 12.1. The molecule has 0 saturated carbocycles. The lowest BCUT2D eigenvalue weighted by Crippen LogP contribution is -2.45. The third-order valence-corrected chi connectivity index (χ3v) is 8.39. The lowest BCUT2D eigenvalue weighted by atomic mass is 9.99. The van der Waals surface area contributed by atoms with E-state index in [9.17, 15) is 13.2 Å². The maximum Gasteiger partial charge on any atom is 0.224 e. The van der Waals surface area contributed by atoms with Crippen molar-refractivity contribution in [1.29, 1.82) is 0 Å². The van der Waals surface area contributed by atoms with Crippen LogP contribution in [0.3, 0.4) is 0 Å². The standard InChI is InChI=1S/C24H26Cl2N4O3S/c1-17-27-10-12-30(17)22-8-4-18(5-9-22)14-28-24(31)19-3-2-11-29(15-19)34(32,33)16-20-6-7-21(25)13-23(20)26/h4-10,12-13,19H,2-3,11,14-16H2,1H3,(H,28,31)/t19-/m1/s1. The van der Waals surface area contributed by atoms with Crippen molar-refractivity contribution in [2.24, 2.45) is 5.92 Å². The normalized spacial score (nSPS) is 17.0. The number of imidazole rings is 1. The van der Waals surface area contributed by atoms with E-state index in [-0.39, 0.29) is 18.2 Å². The van der Waals surface area contributed by atoms with Crippen LogP contribution >= 0.6 is 23.2 Å². The van der Waals surface area contributed by atoms with Crippen molar-refractivity contribution in [3.05, 3.63) is 81.9 Å². The Morgan fingerprint density at radius 3 is 2.62 bits per heavy atom. The first-order valence-electron chi connectivity index (χ1n) is 11.0. The smallest absolute Gasteiger partial charge is 0.224 e. The van der Waals surface area contributed by atoms with E-state index in [0.717, 1.165) is 17.1 Å². The largest absolute Gasteiger partial charge is 0.352 e. The van der Waals surface area contributed by atoms with Crippen LogP contribution in [0.25, 0.3) is 5.69 Å². The molecule has 7 nitrogen and oxygen atoms in total. The monoisotopic (exact) mass is 520 g/mol. The highest BCUT2D eigenvalue weighted by molar-refractivity contribution is 7.88. The van der Waals surface area contributed by atoms with Crippen LogP contribution in [-0.2, 0) is 27.1 Å². The first-order valence-corrected chi connectivity index (χ1v) is 13.4. The number of nitrogens with zero attached hydrogens (tertiary/aromatic N) is 3. The van der Waals surface area contributed by atoms with Crippen molar-refractivity contribution >= 4 is 39.1 Å². The molecule has 34 heavy (non-hydrogen) atoms. The van der Waals surface area contributed by atoms with E-state index in [1.54, 1.807) is 18.3 Å². The van der Waals surface area contributed by atoms with Crippen LogP contribution in [0.1, 0.15) is 29.8 Å². The summed E-state index contributed by atoms with van der Waals surface area (Å²) in [4.78, 5) is 17.0. The molecule has 1 atom stereocenters. The molecule has 0 radical (unpaired) electrons. The molecule has 4 rings (SSSR count). The van der Waals surface area contributed by atoms with E-state index < -0.39 is 15.9 Å². The number of nitrogens with one attached hydrogen (secondary N) is 1. The van der Waals surface area contributed by atoms with Crippen molar-refractivity contribution in [3.63, 3.8) is 0 Å². The van der Waals surface area contributed by atoms with E-state index in [4.69, 9.17) is 23.2 Å². The molecule has 1 amide bonds. The van der Waals surface area contributed by atoms with Gasteiger partial charge in [0.25, 0.3) is 0 Å². The van der Waals surface area contributed by atoms with Gasteiger partial charge in [0, 0.05) is 47.8 Å². The zero-order chi connectivity index (χ0) is 24.3. The van der Waals surface area contributed by atoms with E-state index in [2.05, 4.69) is 10.3 Å². The Balaban J connectivity index is 1.34. The summed E-state index contributed by atoms with van der Waals surface area (Å²) in [7, 11) is -3.62. The first kappa shape index (κ1) is 24.7. The number of carbonyl (C=O) groups is 1. The highest BCUT2D eigenvalue weighted by atomic mass is 35.5. The van der Waals surface area contributed by atoms with E-state index in [0.29, 0.717) is 41.5 Å². The number of piperidine rings is 1. The third kappa shape index (κ3) is 5.81. The number of aryl methyl sites for hydroxylation is 1. The molecule has 2 heterocycles. The molecule has 1 aliphatic rings. The highest BCUT2D eigenvalue weighted by Crippen LogP contribution is 2.26. The van der Waals surface area contributed by atoms with Crippen LogP contribution in [0, 0.1) is 12.8 Å². The summed E-state index contributed by atoms with van der Waals surface area (Å²) in [6.45, 7) is 2.88. The number of carbonyl (C=O) groups excluding carboxylic acids is 1. The number of sulfonamides is 1. The lowest BCUT2D eigenvalue weighted by molar-refractivity contribution is -0.126. The van der Waals surface area contributed by atoms with Crippen LogP contribution in [0.15, 0.2) is 54.9 Å². The Kier molecular flexibility index (Phi) is 7.62. The van der Waals surface area contributed by atoms with E-state index in [1.807, 2.05) is 42.0 Å². The van der Waals surface area contributed by atoms with Gasteiger partial charge < -0.3 is 9.88 Å². The Morgan fingerprint density at radius 1 is 1.18 bits per heavy atom. The topological polar surface area (TPSA) is 84.3 Å². The molecule has 1 N–H and O–H groups in total. The maximum atomic E-state index is 13.0. The summed E-state index contributed by atoms with van der Waals surface area (Å²) in [5.41, 5.74) is 2.46. The molecule has 2 aromatic carbocycles. The molecular formula is C24H26Cl2N4O3S. The molecule has 0 spiro atoms. The summed E-state index contributed by atoms with van der Waals surface area (Å²) in [5, 5.41) is 3.72. The molecule has 3 aromatic rings. The lowest BCUT2D eigenvalue weighted by Gasteiger charge is -2.31. The molecular weight excluding hydrogens is 495 g/mol. The van der Waals surface area contributed by atoms with Gasteiger partial charge in [-0.15, -0.1) is 0 Å². The highest BCUT2D eigenvalue weighted by Gasteiger charge is 2.32. The van der Waals surface area contributed by atoms with Crippen LogP contribution in [0.2, 0.25) is 10.0 Å². The molecule has 180 valence electrons. The predicted octanol–water partition coefficient (Wildman–Crippen LogP) is 4.35. The minimum Gasteiger partial charge on any atom is -0.352 e. The number of halogens is 2. The van der Waals surface area contributed by atoms with Gasteiger partial charge in [-0.2, -0.15) is 0 Å². The minimum atomic E-state index is -3.62.